The molecule has 0 aromatic heterocycles. The summed E-state index contributed by atoms with van der Waals surface area (Å²) in [6.45, 7) is 5.06. The lowest BCUT2D eigenvalue weighted by molar-refractivity contribution is 0.255. The van der Waals surface area contributed by atoms with E-state index in [1.165, 1.54) is 31.5 Å². The Labute approximate surface area is 105 Å². The van der Waals surface area contributed by atoms with Gasteiger partial charge in [0.2, 0.25) is 0 Å². The predicted molar refractivity (Wildman–Crippen MR) is 73.5 cm³/mol. The fourth-order valence-electron chi connectivity index (χ4n) is 2.13. The van der Waals surface area contributed by atoms with Gasteiger partial charge >= 0.3 is 0 Å². The van der Waals surface area contributed by atoms with E-state index in [9.17, 15) is 0 Å². The first kappa shape index (κ1) is 14.2. The standard InChI is InChI=1S/C14H26N2O/c1-2-3-4-5-6-7-8-9-14-15-10-11-16(14)12-13-17/h3-4,17H,2,5-13H2,1H3/b4-3+. The number of unbranched alkanes of at least 4 members (excludes halogenated alkanes) is 3. The van der Waals surface area contributed by atoms with Crippen molar-refractivity contribution in [3.05, 3.63) is 12.2 Å². The normalized spacial score (nSPS) is 15.9. The maximum atomic E-state index is 8.93. The Kier molecular flexibility index (Phi) is 7.72. The molecule has 1 aliphatic rings. The quantitative estimate of drug-likeness (QED) is 0.495. The Morgan fingerprint density at radius 1 is 1.29 bits per heavy atom. The van der Waals surface area contributed by atoms with E-state index in [0.717, 1.165) is 32.5 Å². The molecule has 98 valence electrons. The average Bonchev–Trinajstić information content (AvgIpc) is 2.76. The molecule has 0 aliphatic carbocycles. The number of β-amino-alcohol motifs (C(OH)–C–C–N with tert-alkyl or cyclic N) is 1. The minimum Gasteiger partial charge on any atom is -0.395 e. The minimum absolute atomic E-state index is 0.237. The lowest BCUT2D eigenvalue weighted by atomic mass is 10.1. The number of aliphatic imine (C=N–C) groups is 1. The zero-order valence-corrected chi connectivity index (χ0v) is 11.1. The van der Waals surface area contributed by atoms with Crippen molar-refractivity contribution in [2.45, 2.75) is 45.4 Å². The van der Waals surface area contributed by atoms with Gasteiger partial charge in [0.1, 0.15) is 0 Å². The molecular weight excluding hydrogens is 212 g/mol. The van der Waals surface area contributed by atoms with Crippen molar-refractivity contribution in [2.75, 3.05) is 26.2 Å². The Bertz CT molecular complexity index is 249. The first-order valence-corrected chi connectivity index (χ1v) is 6.92. The Morgan fingerprint density at radius 3 is 2.94 bits per heavy atom. The second-order valence-corrected chi connectivity index (χ2v) is 4.49. The fourth-order valence-corrected chi connectivity index (χ4v) is 2.13. The number of hydrogen-bond acceptors (Lipinski definition) is 3. The van der Waals surface area contributed by atoms with E-state index in [1.54, 1.807) is 0 Å². The van der Waals surface area contributed by atoms with Crippen LogP contribution >= 0.6 is 0 Å². The van der Waals surface area contributed by atoms with E-state index in [2.05, 4.69) is 29.0 Å². The van der Waals surface area contributed by atoms with Gasteiger partial charge in [0.25, 0.3) is 0 Å². The van der Waals surface area contributed by atoms with Crippen LogP contribution in [0.25, 0.3) is 0 Å². The highest BCUT2D eigenvalue weighted by Gasteiger charge is 2.14. The molecule has 0 fully saturated rings. The monoisotopic (exact) mass is 238 g/mol. The molecule has 0 atom stereocenters. The Morgan fingerprint density at radius 2 is 2.18 bits per heavy atom. The maximum absolute atomic E-state index is 8.93. The summed E-state index contributed by atoms with van der Waals surface area (Å²) >= 11 is 0. The van der Waals surface area contributed by atoms with Crippen LogP contribution in [-0.4, -0.2) is 42.1 Å². The van der Waals surface area contributed by atoms with Gasteiger partial charge in [0.05, 0.1) is 19.0 Å². The van der Waals surface area contributed by atoms with E-state index in [-0.39, 0.29) is 6.61 Å². The molecule has 3 nitrogen and oxygen atoms in total. The molecule has 0 bridgehead atoms. The van der Waals surface area contributed by atoms with E-state index in [1.807, 2.05) is 0 Å². The van der Waals surface area contributed by atoms with Crippen LogP contribution in [0, 0.1) is 0 Å². The molecule has 1 rings (SSSR count). The van der Waals surface area contributed by atoms with Crippen molar-refractivity contribution in [3.63, 3.8) is 0 Å². The molecule has 0 saturated carbocycles. The lowest BCUT2D eigenvalue weighted by Crippen LogP contribution is -2.30. The van der Waals surface area contributed by atoms with E-state index < -0.39 is 0 Å². The van der Waals surface area contributed by atoms with Crippen LogP contribution < -0.4 is 0 Å². The van der Waals surface area contributed by atoms with E-state index >= 15 is 0 Å². The fraction of sp³-hybridized carbons (Fsp3) is 0.786. The molecule has 1 aliphatic heterocycles. The van der Waals surface area contributed by atoms with Crippen LogP contribution in [0.1, 0.15) is 45.4 Å². The Balaban J connectivity index is 2.04. The molecule has 0 aromatic carbocycles. The first-order valence-electron chi connectivity index (χ1n) is 6.92. The van der Waals surface area contributed by atoms with Crippen LogP contribution in [0.3, 0.4) is 0 Å². The molecule has 17 heavy (non-hydrogen) atoms. The van der Waals surface area contributed by atoms with Gasteiger partial charge in [-0.25, -0.2) is 0 Å². The molecule has 0 amide bonds. The van der Waals surface area contributed by atoms with Gasteiger partial charge in [-0.1, -0.05) is 25.5 Å². The van der Waals surface area contributed by atoms with Gasteiger partial charge in [-0.05, 0) is 25.7 Å². The van der Waals surface area contributed by atoms with E-state index in [4.69, 9.17) is 5.11 Å². The van der Waals surface area contributed by atoms with Gasteiger partial charge in [-0.3, -0.25) is 4.99 Å². The number of aliphatic hydroxyl groups is 1. The summed E-state index contributed by atoms with van der Waals surface area (Å²) in [5.74, 6) is 1.21. The van der Waals surface area contributed by atoms with Crippen molar-refractivity contribution >= 4 is 5.84 Å². The van der Waals surface area contributed by atoms with Crippen molar-refractivity contribution in [3.8, 4) is 0 Å². The first-order chi connectivity index (χ1) is 8.38. The SMILES string of the molecule is CC/C=C/CCCCCC1=NCCN1CCO. The van der Waals surface area contributed by atoms with Crippen molar-refractivity contribution in [1.29, 1.82) is 0 Å². The summed E-state index contributed by atoms with van der Waals surface area (Å²) in [6.07, 6.45) is 11.7. The molecule has 0 aromatic rings. The molecule has 3 heteroatoms. The predicted octanol–water partition coefficient (Wildman–Crippen LogP) is 2.61. The smallest absolute Gasteiger partial charge is 0.0991 e. The van der Waals surface area contributed by atoms with Crippen molar-refractivity contribution in [2.24, 2.45) is 4.99 Å². The molecule has 0 radical (unpaired) electrons. The summed E-state index contributed by atoms with van der Waals surface area (Å²) < 4.78 is 0. The summed E-state index contributed by atoms with van der Waals surface area (Å²) in [6, 6.07) is 0. The summed E-state index contributed by atoms with van der Waals surface area (Å²) in [7, 11) is 0. The molecular formula is C14H26N2O. The third kappa shape index (κ3) is 5.87. The highest BCUT2D eigenvalue weighted by atomic mass is 16.3. The number of aliphatic hydroxyl groups excluding tert-OH is 1. The van der Waals surface area contributed by atoms with Gasteiger partial charge in [0, 0.05) is 19.5 Å². The van der Waals surface area contributed by atoms with Gasteiger partial charge < -0.3 is 10.0 Å². The number of rotatable bonds is 9. The third-order valence-electron chi connectivity index (χ3n) is 3.07. The van der Waals surface area contributed by atoms with Gasteiger partial charge in [0.15, 0.2) is 0 Å². The van der Waals surface area contributed by atoms with Crippen LogP contribution in [0.15, 0.2) is 17.1 Å². The maximum Gasteiger partial charge on any atom is 0.0991 e. The highest BCUT2D eigenvalue weighted by Crippen LogP contribution is 2.10. The second-order valence-electron chi connectivity index (χ2n) is 4.49. The number of allylic oxidation sites excluding steroid dienone is 2. The van der Waals surface area contributed by atoms with E-state index in [0.29, 0.717) is 0 Å². The lowest BCUT2D eigenvalue weighted by Gasteiger charge is -2.18. The zero-order valence-electron chi connectivity index (χ0n) is 11.1. The third-order valence-corrected chi connectivity index (χ3v) is 3.07. The molecule has 0 spiro atoms. The summed E-state index contributed by atoms with van der Waals surface area (Å²) in [5, 5.41) is 8.93. The number of hydrogen-bond donors (Lipinski definition) is 1. The van der Waals surface area contributed by atoms with Gasteiger partial charge in [-0.2, -0.15) is 0 Å². The molecule has 1 N–H and O–H groups in total. The van der Waals surface area contributed by atoms with Crippen LogP contribution in [0.4, 0.5) is 0 Å². The molecule has 1 heterocycles. The molecule has 0 unspecified atom stereocenters. The van der Waals surface area contributed by atoms with Gasteiger partial charge in [-0.15, -0.1) is 0 Å². The highest BCUT2D eigenvalue weighted by molar-refractivity contribution is 5.83. The number of nitrogens with zero attached hydrogens (tertiary/aromatic N) is 2. The summed E-state index contributed by atoms with van der Waals surface area (Å²) in [5.41, 5.74) is 0. The van der Waals surface area contributed by atoms with Crippen LogP contribution in [0.5, 0.6) is 0 Å². The summed E-state index contributed by atoms with van der Waals surface area (Å²) in [4.78, 5) is 6.72. The average molecular weight is 238 g/mol. The number of amidine groups is 1. The van der Waals surface area contributed by atoms with Crippen LogP contribution in [-0.2, 0) is 0 Å². The molecule has 0 saturated heterocycles. The van der Waals surface area contributed by atoms with Crippen LogP contribution in [0.2, 0.25) is 0 Å². The van der Waals surface area contributed by atoms with Crippen molar-refractivity contribution in [1.82, 2.24) is 4.90 Å². The minimum atomic E-state index is 0.237. The second kappa shape index (κ2) is 9.23. The topological polar surface area (TPSA) is 35.8 Å². The Hall–Kier alpha value is -0.830. The van der Waals surface area contributed by atoms with Crippen molar-refractivity contribution < 1.29 is 5.11 Å². The zero-order chi connectivity index (χ0) is 12.3. The largest absolute Gasteiger partial charge is 0.395 e.